The first-order valence-corrected chi connectivity index (χ1v) is 8.16. The maximum Gasteiger partial charge on any atom is 0.328 e. The number of methoxy groups -OCH3 is 1. The Bertz CT molecular complexity index is 580. The zero-order valence-electron chi connectivity index (χ0n) is 12.6. The molecule has 1 heterocycles. The van der Waals surface area contributed by atoms with E-state index in [9.17, 15) is 14.4 Å². The third-order valence-corrected chi connectivity index (χ3v) is 4.43. The smallest absolute Gasteiger partial charge is 0.328 e. The molecule has 0 aliphatic carbocycles. The van der Waals surface area contributed by atoms with Crippen molar-refractivity contribution in [2.75, 3.05) is 25.3 Å². The molecule has 7 nitrogen and oxygen atoms in total. The Hall–Kier alpha value is -2.06. The highest BCUT2D eigenvalue weighted by Gasteiger charge is 2.36. The molecule has 0 spiro atoms. The van der Waals surface area contributed by atoms with E-state index in [1.807, 2.05) is 6.07 Å². The van der Waals surface area contributed by atoms with Gasteiger partial charge in [0.2, 0.25) is 5.91 Å². The van der Waals surface area contributed by atoms with Gasteiger partial charge in [0.25, 0.3) is 5.91 Å². The van der Waals surface area contributed by atoms with Crippen molar-refractivity contribution in [3.63, 3.8) is 0 Å². The van der Waals surface area contributed by atoms with Crippen molar-refractivity contribution >= 4 is 29.5 Å². The third-order valence-electron chi connectivity index (χ3n) is 3.41. The van der Waals surface area contributed by atoms with Gasteiger partial charge in [-0.2, -0.15) is 0 Å². The number of hydrogen-bond acceptors (Lipinski definition) is 5. The second kappa shape index (κ2) is 7.98. The first kappa shape index (κ1) is 17.3. The molecule has 0 aromatic heterocycles. The molecule has 2 N–H and O–H groups in total. The number of benzene rings is 1. The van der Waals surface area contributed by atoms with Crippen LogP contribution in [0.15, 0.2) is 30.3 Å². The number of amides is 2. The average molecular weight is 338 g/mol. The lowest BCUT2D eigenvalue weighted by molar-refractivity contribution is -0.143. The zero-order valence-corrected chi connectivity index (χ0v) is 13.4. The number of carboxylic acids is 1. The molecule has 2 amide bonds. The van der Waals surface area contributed by atoms with E-state index in [0.29, 0.717) is 17.2 Å². The van der Waals surface area contributed by atoms with Crippen molar-refractivity contribution < 1.29 is 24.2 Å². The summed E-state index contributed by atoms with van der Waals surface area (Å²) in [6.45, 7) is -0.131. The van der Waals surface area contributed by atoms with E-state index < -0.39 is 24.0 Å². The van der Waals surface area contributed by atoms with Gasteiger partial charge < -0.3 is 20.1 Å². The normalized spacial score (nSPS) is 18.5. The van der Waals surface area contributed by atoms with Gasteiger partial charge >= 0.3 is 5.97 Å². The van der Waals surface area contributed by atoms with Gasteiger partial charge in [-0.15, -0.1) is 11.8 Å². The topological polar surface area (TPSA) is 95.9 Å². The molecule has 1 saturated heterocycles. The van der Waals surface area contributed by atoms with Crippen molar-refractivity contribution in [3.8, 4) is 0 Å². The number of nitrogens with zero attached hydrogens (tertiary/aromatic N) is 1. The van der Waals surface area contributed by atoms with Gasteiger partial charge in [0.15, 0.2) is 6.04 Å². The van der Waals surface area contributed by atoms with Crippen LogP contribution in [0.5, 0.6) is 0 Å². The minimum atomic E-state index is -1.17. The lowest BCUT2D eigenvalue weighted by Gasteiger charge is -2.24. The SMILES string of the molecule is COCC(NC(=O)C1CSCN1C(=O)c1ccccc1)C(=O)O. The lowest BCUT2D eigenvalue weighted by Crippen LogP contribution is -2.53. The minimum Gasteiger partial charge on any atom is -0.480 e. The molecule has 1 aliphatic rings. The van der Waals surface area contributed by atoms with E-state index >= 15 is 0 Å². The third kappa shape index (κ3) is 4.23. The summed E-state index contributed by atoms with van der Waals surface area (Å²) in [4.78, 5) is 37.4. The summed E-state index contributed by atoms with van der Waals surface area (Å²) in [6.07, 6.45) is 0. The highest BCUT2D eigenvalue weighted by Crippen LogP contribution is 2.23. The van der Waals surface area contributed by atoms with E-state index in [1.54, 1.807) is 24.3 Å². The number of hydrogen-bond donors (Lipinski definition) is 2. The number of carbonyl (C=O) groups is 3. The summed E-state index contributed by atoms with van der Waals surface area (Å²) >= 11 is 1.46. The van der Waals surface area contributed by atoms with Crippen LogP contribution < -0.4 is 5.32 Å². The van der Waals surface area contributed by atoms with Gasteiger partial charge in [0.1, 0.15) is 6.04 Å². The van der Waals surface area contributed by atoms with Crippen LogP contribution in [-0.2, 0) is 14.3 Å². The van der Waals surface area contributed by atoms with Crippen molar-refractivity contribution in [1.29, 1.82) is 0 Å². The Morgan fingerprint density at radius 3 is 2.70 bits per heavy atom. The predicted octanol–water partition coefficient (Wildman–Crippen LogP) is 0.417. The van der Waals surface area contributed by atoms with Crippen LogP contribution in [0.3, 0.4) is 0 Å². The fourth-order valence-corrected chi connectivity index (χ4v) is 3.37. The Morgan fingerprint density at radius 2 is 2.09 bits per heavy atom. The van der Waals surface area contributed by atoms with Crippen LogP contribution in [0.4, 0.5) is 0 Å². The van der Waals surface area contributed by atoms with E-state index in [-0.39, 0.29) is 12.5 Å². The summed E-state index contributed by atoms with van der Waals surface area (Å²) in [6, 6.07) is 6.87. The number of carboxylic acid groups (broad SMARTS) is 1. The van der Waals surface area contributed by atoms with Crippen molar-refractivity contribution in [1.82, 2.24) is 10.2 Å². The minimum absolute atomic E-state index is 0.131. The summed E-state index contributed by atoms with van der Waals surface area (Å²) in [5.41, 5.74) is 0.500. The van der Waals surface area contributed by atoms with Crippen LogP contribution in [0.1, 0.15) is 10.4 Å². The lowest BCUT2D eigenvalue weighted by atomic mass is 10.1. The van der Waals surface area contributed by atoms with Gasteiger partial charge in [-0.25, -0.2) is 4.79 Å². The Morgan fingerprint density at radius 1 is 1.39 bits per heavy atom. The fourth-order valence-electron chi connectivity index (χ4n) is 2.22. The second-order valence-corrected chi connectivity index (χ2v) is 6.01. The van der Waals surface area contributed by atoms with Gasteiger partial charge in [-0.05, 0) is 12.1 Å². The predicted molar refractivity (Wildman–Crippen MR) is 85.2 cm³/mol. The van der Waals surface area contributed by atoms with Gasteiger partial charge in [-0.3, -0.25) is 9.59 Å². The molecule has 1 aliphatic heterocycles. The Balaban J connectivity index is 2.07. The Kier molecular flexibility index (Phi) is 6.00. The first-order valence-electron chi connectivity index (χ1n) is 7.00. The fraction of sp³-hybridized carbons (Fsp3) is 0.400. The standard InChI is InChI=1S/C15H18N2O5S/c1-22-7-11(15(20)21)16-13(18)12-8-23-9-17(12)14(19)10-5-3-2-4-6-10/h2-6,11-12H,7-9H2,1H3,(H,16,18)(H,20,21). The Labute approximate surface area is 138 Å². The highest BCUT2D eigenvalue weighted by atomic mass is 32.2. The zero-order chi connectivity index (χ0) is 16.8. The molecule has 124 valence electrons. The number of thioether (sulfide) groups is 1. The quantitative estimate of drug-likeness (QED) is 0.780. The molecule has 1 aromatic carbocycles. The number of carbonyl (C=O) groups excluding carboxylic acids is 2. The number of nitrogens with one attached hydrogen (secondary N) is 1. The molecular formula is C15H18N2O5S. The molecule has 0 radical (unpaired) electrons. The van der Waals surface area contributed by atoms with Gasteiger partial charge in [0, 0.05) is 18.4 Å². The number of ether oxygens (including phenoxy) is 1. The molecule has 1 fully saturated rings. The van der Waals surface area contributed by atoms with Crippen LogP contribution >= 0.6 is 11.8 Å². The van der Waals surface area contributed by atoms with Crippen LogP contribution in [0, 0.1) is 0 Å². The van der Waals surface area contributed by atoms with E-state index in [1.165, 1.54) is 23.8 Å². The van der Waals surface area contributed by atoms with Crippen LogP contribution in [-0.4, -0.2) is 65.2 Å². The number of aliphatic carboxylic acids is 1. The monoisotopic (exact) mass is 338 g/mol. The molecule has 0 saturated carbocycles. The number of rotatable bonds is 6. The summed E-state index contributed by atoms with van der Waals surface area (Å²) < 4.78 is 4.79. The van der Waals surface area contributed by atoms with Gasteiger partial charge in [0.05, 0.1) is 12.5 Å². The molecule has 1 aromatic rings. The molecule has 0 bridgehead atoms. The molecule has 8 heteroatoms. The maximum atomic E-state index is 12.5. The van der Waals surface area contributed by atoms with Crippen molar-refractivity contribution in [2.24, 2.45) is 0 Å². The van der Waals surface area contributed by atoms with Crippen molar-refractivity contribution in [3.05, 3.63) is 35.9 Å². The summed E-state index contributed by atoms with van der Waals surface area (Å²) in [5, 5.41) is 11.5. The van der Waals surface area contributed by atoms with Crippen LogP contribution in [0.2, 0.25) is 0 Å². The second-order valence-electron chi connectivity index (χ2n) is 5.01. The van der Waals surface area contributed by atoms with E-state index in [2.05, 4.69) is 5.32 Å². The average Bonchev–Trinajstić information content (AvgIpc) is 3.04. The maximum absolute atomic E-state index is 12.5. The van der Waals surface area contributed by atoms with E-state index in [0.717, 1.165) is 0 Å². The first-order chi connectivity index (χ1) is 11.0. The van der Waals surface area contributed by atoms with Crippen LogP contribution in [0.25, 0.3) is 0 Å². The molecule has 2 atom stereocenters. The summed E-state index contributed by atoms with van der Waals surface area (Å²) in [5.74, 6) is -1.07. The largest absolute Gasteiger partial charge is 0.480 e. The molecule has 23 heavy (non-hydrogen) atoms. The summed E-state index contributed by atoms with van der Waals surface area (Å²) in [7, 11) is 1.36. The van der Waals surface area contributed by atoms with Crippen molar-refractivity contribution in [2.45, 2.75) is 12.1 Å². The molecule has 2 unspecified atom stereocenters. The molecule has 2 rings (SSSR count). The highest BCUT2D eigenvalue weighted by molar-refractivity contribution is 7.99. The van der Waals surface area contributed by atoms with Gasteiger partial charge in [-0.1, -0.05) is 18.2 Å². The molecular weight excluding hydrogens is 320 g/mol. The van der Waals surface area contributed by atoms with E-state index in [4.69, 9.17) is 9.84 Å².